The first-order valence-corrected chi connectivity index (χ1v) is 9.57. The lowest BCUT2D eigenvalue weighted by Gasteiger charge is -2.32. The van der Waals surface area contributed by atoms with Crippen LogP contribution in [-0.2, 0) is 17.8 Å². The Labute approximate surface area is 166 Å². The van der Waals surface area contributed by atoms with Gasteiger partial charge in [0.25, 0.3) is 0 Å². The first-order chi connectivity index (χ1) is 13.7. The van der Waals surface area contributed by atoms with Crippen molar-refractivity contribution in [3.8, 4) is 5.75 Å². The fourth-order valence-electron chi connectivity index (χ4n) is 3.14. The van der Waals surface area contributed by atoms with Crippen LogP contribution < -0.4 is 20.3 Å². The molecule has 0 amide bonds. The molecular weight excluding hydrogens is 354 g/mol. The van der Waals surface area contributed by atoms with Gasteiger partial charge in [0.2, 0.25) is 0 Å². The van der Waals surface area contributed by atoms with Gasteiger partial charge in [-0.2, -0.15) is 0 Å². The van der Waals surface area contributed by atoms with Crippen molar-refractivity contribution in [1.29, 1.82) is 0 Å². The second kappa shape index (κ2) is 9.94. The van der Waals surface area contributed by atoms with Gasteiger partial charge >= 0.3 is 0 Å². The Morgan fingerprint density at radius 1 is 1.25 bits per heavy atom. The number of aliphatic imine (C=N–C) groups is 1. The predicted octanol–water partition coefficient (Wildman–Crippen LogP) is 2.18. The fourth-order valence-corrected chi connectivity index (χ4v) is 3.14. The normalized spacial score (nSPS) is 17.3. The quantitative estimate of drug-likeness (QED) is 0.589. The lowest BCUT2D eigenvalue weighted by Crippen LogP contribution is -2.41. The second-order valence-electron chi connectivity index (χ2n) is 6.78. The van der Waals surface area contributed by atoms with Gasteiger partial charge in [-0.15, -0.1) is 0 Å². The highest BCUT2D eigenvalue weighted by molar-refractivity contribution is 5.79. The van der Waals surface area contributed by atoms with Crippen molar-refractivity contribution in [2.45, 2.75) is 26.1 Å². The molecule has 1 saturated heterocycles. The number of guanidine groups is 1. The zero-order valence-electron chi connectivity index (χ0n) is 16.8. The van der Waals surface area contributed by atoms with Crippen molar-refractivity contribution in [1.82, 2.24) is 15.6 Å². The molecule has 150 valence electrons. The van der Waals surface area contributed by atoms with Crippen LogP contribution in [0.3, 0.4) is 0 Å². The molecule has 7 nitrogen and oxygen atoms in total. The smallest absolute Gasteiger partial charge is 0.191 e. The van der Waals surface area contributed by atoms with Crippen molar-refractivity contribution >= 4 is 11.8 Å². The maximum atomic E-state index is 5.62. The molecule has 1 aromatic heterocycles. The van der Waals surface area contributed by atoms with Crippen LogP contribution in [-0.4, -0.2) is 50.9 Å². The third-order valence-electron chi connectivity index (χ3n) is 4.65. The average molecular weight is 383 g/mol. The van der Waals surface area contributed by atoms with Gasteiger partial charge in [0.05, 0.1) is 19.8 Å². The fraction of sp³-hybridized carbons (Fsp3) is 0.429. The summed E-state index contributed by atoms with van der Waals surface area (Å²) in [5.41, 5.74) is 2.29. The van der Waals surface area contributed by atoms with Crippen molar-refractivity contribution in [2.75, 3.05) is 38.8 Å². The molecule has 3 rings (SSSR count). The summed E-state index contributed by atoms with van der Waals surface area (Å²) in [6.45, 7) is 5.92. The molecule has 7 heteroatoms. The maximum absolute atomic E-state index is 5.62. The Bertz CT molecular complexity index is 796. The Balaban J connectivity index is 1.54. The molecule has 28 heavy (non-hydrogen) atoms. The zero-order valence-corrected chi connectivity index (χ0v) is 16.8. The van der Waals surface area contributed by atoms with Crippen molar-refractivity contribution in [2.24, 2.45) is 4.99 Å². The number of pyridine rings is 1. The number of aromatic nitrogens is 1. The minimum Gasteiger partial charge on any atom is -0.497 e. The zero-order chi connectivity index (χ0) is 19.8. The van der Waals surface area contributed by atoms with Crippen LogP contribution in [0, 0.1) is 0 Å². The van der Waals surface area contributed by atoms with E-state index in [1.54, 1.807) is 14.2 Å². The molecule has 0 aliphatic carbocycles. The number of nitrogens with one attached hydrogen (secondary N) is 2. The first kappa shape index (κ1) is 19.9. The highest BCUT2D eigenvalue weighted by Gasteiger charge is 2.18. The highest BCUT2D eigenvalue weighted by atomic mass is 16.5. The summed E-state index contributed by atoms with van der Waals surface area (Å²) in [5, 5.41) is 6.69. The van der Waals surface area contributed by atoms with Crippen molar-refractivity contribution < 1.29 is 9.47 Å². The van der Waals surface area contributed by atoms with Gasteiger partial charge < -0.3 is 25.0 Å². The minimum atomic E-state index is 0.233. The molecule has 1 aliphatic rings. The van der Waals surface area contributed by atoms with Crippen LogP contribution in [0.15, 0.2) is 47.6 Å². The third-order valence-corrected chi connectivity index (χ3v) is 4.65. The van der Waals surface area contributed by atoms with E-state index in [-0.39, 0.29) is 6.10 Å². The van der Waals surface area contributed by atoms with E-state index < -0.39 is 0 Å². The summed E-state index contributed by atoms with van der Waals surface area (Å²) < 4.78 is 10.9. The minimum absolute atomic E-state index is 0.233. The summed E-state index contributed by atoms with van der Waals surface area (Å²) in [6.07, 6.45) is 2.09. The van der Waals surface area contributed by atoms with Crippen LogP contribution in [0.1, 0.15) is 18.1 Å². The molecular formula is C21H29N5O2. The highest BCUT2D eigenvalue weighted by Crippen LogP contribution is 2.16. The number of ether oxygens (including phenoxy) is 2. The summed E-state index contributed by atoms with van der Waals surface area (Å²) >= 11 is 0. The van der Waals surface area contributed by atoms with Crippen LogP contribution in [0.25, 0.3) is 0 Å². The lowest BCUT2D eigenvalue weighted by atomic mass is 10.2. The number of anilines is 1. The second-order valence-corrected chi connectivity index (χ2v) is 6.78. The molecule has 0 bridgehead atoms. The van der Waals surface area contributed by atoms with E-state index in [1.165, 1.54) is 0 Å². The van der Waals surface area contributed by atoms with Gasteiger partial charge in [0.1, 0.15) is 11.6 Å². The molecule has 2 aromatic rings. The summed E-state index contributed by atoms with van der Waals surface area (Å²) in [5.74, 6) is 2.60. The van der Waals surface area contributed by atoms with E-state index >= 15 is 0 Å². The van der Waals surface area contributed by atoms with Gasteiger partial charge in [0.15, 0.2) is 5.96 Å². The Morgan fingerprint density at radius 3 is 2.75 bits per heavy atom. The van der Waals surface area contributed by atoms with Gasteiger partial charge in [-0.05, 0) is 42.3 Å². The molecule has 1 aromatic carbocycles. The van der Waals surface area contributed by atoms with E-state index in [2.05, 4.69) is 44.6 Å². The van der Waals surface area contributed by atoms with Crippen molar-refractivity contribution in [3.63, 3.8) is 0 Å². The predicted molar refractivity (Wildman–Crippen MR) is 112 cm³/mol. The summed E-state index contributed by atoms with van der Waals surface area (Å²) in [7, 11) is 3.45. The first-order valence-electron chi connectivity index (χ1n) is 9.57. The SMILES string of the molecule is CN=C(NCc1cccc(OC)c1)NCc1ccnc(N2CCOC(C)C2)c1. The van der Waals surface area contributed by atoms with Gasteiger partial charge in [-0.3, -0.25) is 4.99 Å². The number of hydrogen-bond acceptors (Lipinski definition) is 5. The largest absolute Gasteiger partial charge is 0.497 e. The van der Waals surface area contributed by atoms with E-state index in [4.69, 9.17) is 9.47 Å². The molecule has 1 atom stereocenters. The Morgan fingerprint density at radius 2 is 2.04 bits per heavy atom. The van der Waals surface area contributed by atoms with E-state index in [1.807, 2.05) is 30.5 Å². The summed E-state index contributed by atoms with van der Waals surface area (Å²) in [6, 6.07) is 12.1. The van der Waals surface area contributed by atoms with Crippen LogP contribution in [0.5, 0.6) is 5.75 Å². The van der Waals surface area contributed by atoms with Crippen LogP contribution in [0.2, 0.25) is 0 Å². The molecule has 0 radical (unpaired) electrons. The molecule has 2 heterocycles. The molecule has 1 aliphatic heterocycles. The molecule has 1 fully saturated rings. The number of methoxy groups -OCH3 is 1. The summed E-state index contributed by atoms with van der Waals surface area (Å²) in [4.78, 5) is 11.1. The standard InChI is InChI=1S/C21H29N5O2/c1-16-15-26(9-10-28-16)20-12-18(7-8-23-20)14-25-21(22-2)24-13-17-5-4-6-19(11-17)27-3/h4-8,11-12,16H,9-10,13-15H2,1-3H3,(H2,22,24,25). The van der Waals surface area contributed by atoms with Crippen LogP contribution >= 0.6 is 0 Å². The number of benzene rings is 1. The van der Waals surface area contributed by atoms with E-state index in [0.717, 1.165) is 48.4 Å². The number of rotatable bonds is 6. The molecule has 2 N–H and O–H groups in total. The maximum Gasteiger partial charge on any atom is 0.191 e. The van der Waals surface area contributed by atoms with Crippen molar-refractivity contribution in [3.05, 3.63) is 53.7 Å². The number of nitrogens with zero attached hydrogens (tertiary/aromatic N) is 3. The monoisotopic (exact) mass is 383 g/mol. The van der Waals surface area contributed by atoms with Crippen LogP contribution in [0.4, 0.5) is 5.82 Å². The van der Waals surface area contributed by atoms with Gasteiger partial charge in [-0.1, -0.05) is 12.1 Å². The number of hydrogen-bond donors (Lipinski definition) is 2. The topological polar surface area (TPSA) is 71.0 Å². The Hall–Kier alpha value is -2.80. The molecule has 0 spiro atoms. The molecule has 0 saturated carbocycles. The van der Waals surface area contributed by atoms with E-state index in [0.29, 0.717) is 13.1 Å². The number of morpholine rings is 1. The van der Waals surface area contributed by atoms with Gasteiger partial charge in [0, 0.05) is 39.4 Å². The third kappa shape index (κ3) is 5.60. The molecule has 1 unspecified atom stereocenters. The van der Waals surface area contributed by atoms with Gasteiger partial charge in [-0.25, -0.2) is 4.98 Å². The average Bonchev–Trinajstić information content (AvgIpc) is 2.74. The van der Waals surface area contributed by atoms with E-state index in [9.17, 15) is 0 Å². The Kier molecular flexibility index (Phi) is 7.08. The lowest BCUT2D eigenvalue weighted by molar-refractivity contribution is 0.0529.